The first-order valence-electron chi connectivity index (χ1n) is 5.14. The van der Waals surface area contributed by atoms with E-state index in [2.05, 4.69) is 17.2 Å². The summed E-state index contributed by atoms with van der Waals surface area (Å²) in [6.07, 6.45) is 3.56. The molecule has 2 nitrogen and oxygen atoms in total. The predicted molar refractivity (Wildman–Crippen MR) is 53.6 cm³/mol. The third kappa shape index (κ3) is 1.93. The Bertz CT molecular complexity index is 291. The normalized spacial score (nSPS) is 25.9. The van der Waals surface area contributed by atoms with Crippen molar-refractivity contribution in [1.82, 2.24) is 10.3 Å². The molecule has 1 aromatic heterocycles. The highest BCUT2D eigenvalue weighted by atomic mass is 19.1. The molecule has 14 heavy (non-hydrogen) atoms. The Labute approximate surface area is 83.6 Å². The van der Waals surface area contributed by atoms with Gasteiger partial charge in [-0.2, -0.15) is 0 Å². The van der Waals surface area contributed by atoms with E-state index in [9.17, 15) is 4.39 Å². The van der Waals surface area contributed by atoms with Crippen molar-refractivity contribution in [2.75, 3.05) is 6.54 Å². The molecule has 1 aliphatic carbocycles. The molecule has 0 radical (unpaired) electrons. The molecule has 0 spiro atoms. The lowest BCUT2D eigenvalue weighted by Gasteiger charge is -2.35. The van der Waals surface area contributed by atoms with Crippen LogP contribution in [-0.4, -0.2) is 17.6 Å². The van der Waals surface area contributed by atoms with E-state index in [1.54, 1.807) is 6.07 Å². The minimum Gasteiger partial charge on any atom is -0.314 e. The summed E-state index contributed by atoms with van der Waals surface area (Å²) in [7, 11) is 0. The van der Waals surface area contributed by atoms with E-state index in [1.165, 1.54) is 12.3 Å². The predicted octanol–water partition coefficient (Wildman–Crippen LogP) is 2.08. The molecule has 1 N–H and O–H groups in total. The topological polar surface area (TPSA) is 24.9 Å². The van der Waals surface area contributed by atoms with Crippen LogP contribution in [0, 0.1) is 5.82 Å². The van der Waals surface area contributed by atoms with Crippen LogP contribution in [0.15, 0.2) is 18.3 Å². The van der Waals surface area contributed by atoms with Crippen LogP contribution in [-0.2, 0) is 0 Å². The van der Waals surface area contributed by atoms with E-state index >= 15 is 0 Å². The largest absolute Gasteiger partial charge is 0.314 e. The Morgan fingerprint density at radius 2 is 2.29 bits per heavy atom. The van der Waals surface area contributed by atoms with Crippen molar-refractivity contribution in [3.63, 3.8) is 0 Å². The highest BCUT2D eigenvalue weighted by Crippen LogP contribution is 2.35. The van der Waals surface area contributed by atoms with E-state index in [1.807, 2.05) is 0 Å². The van der Waals surface area contributed by atoms with Gasteiger partial charge in [0.25, 0.3) is 0 Å². The molecule has 1 aromatic rings. The van der Waals surface area contributed by atoms with E-state index < -0.39 is 0 Å². The number of nitrogens with one attached hydrogen (secondary N) is 1. The van der Waals surface area contributed by atoms with Crippen LogP contribution < -0.4 is 5.32 Å². The van der Waals surface area contributed by atoms with E-state index in [0.29, 0.717) is 12.0 Å². The number of halogens is 1. The van der Waals surface area contributed by atoms with Crippen LogP contribution in [0.5, 0.6) is 0 Å². The fraction of sp³-hybridized carbons (Fsp3) is 0.545. The monoisotopic (exact) mass is 194 g/mol. The van der Waals surface area contributed by atoms with Crippen LogP contribution in [0.4, 0.5) is 4.39 Å². The number of hydrogen-bond donors (Lipinski definition) is 1. The van der Waals surface area contributed by atoms with Crippen molar-refractivity contribution in [3.8, 4) is 0 Å². The molecule has 1 fully saturated rings. The summed E-state index contributed by atoms with van der Waals surface area (Å²) < 4.78 is 12.6. The smallest absolute Gasteiger partial charge is 0.141 e. The van der Waals surface area contributed by atoms with Crippen molar-refractivity contribution in [3.05, 3.63) is 29.8 Å². The van der Waals surface area contributed by atoms with Gasteiger partial charge in [-0.1, -0.05) is 6.92 Å². The van der Waals surface area contributed by atoms with Gasteiger partial charge in [-0.05, 0) is 31.5 Å². The average molecular weight is 194 g/mol. The van der Waals surface area contributed by atoms with Crippen molar-refractivity contribution >= 4 is 0 Å². The Hall–Kier alpha value is -0.960. The molecule has 0 aliphatic heterocycles. The molecule has 0 unspecified atom stereocenters. The summed E-state index contributed by atoms with van der Waals surface area (Å²) >= 11 is 0. The minimum absolute atomic E-state index is 0.253. The van der Waals surface area contributed by atoms with Crippen molar-refractivity contribution in [2.45, 2.75) is 31.7 Å². The molecule has 1 heterocycles. The number of rotatable bonds is 3. The van der Waals surface area contributed by atoms with Gasteiger partial charge in [-0.25, -0.2) is 4.39 Å². The fourth-order valence-corrected chi connectivity index (χ4v) is 1.94. The van der Waals surface area contributed by atoms with Crippen LogP contribution in [0.2, 0.25) is 0 Å². The Kier molecular flexibility index (Phi) is 2.77. The van der Waals surface area contributed by atoms with Gasteiger partial charge in [-0.15, -0.1) is 0 Å². The number of aromatic nitrogens is 1. The van der Waals surface area contributed by atoms with Crippen LogP contribution in [0.3, 0.4) is 0 Å². The molecule has 1 aliphatic rings. The molecular formula is C11H15FN2. The Morgan fingerprint density at radius 3 is 2.86 bits per heavy atom. The molecule has 0 atom stereocenters. The summed E-state index contributed by atoms with van der Waals surface area (Å²) in [6, 6.07) is 3.92. The van der Waals surface area contributed by atoms with Gasteiger partial charge in [0.05, 0.1) is 6.20 Å². The SMILES string of the molecule is CCNC1CC(c2ccc(F)cn2)C1. The molecule has 1 saturated carbocycles. The molecule has 2 rings (SSSR count). The van der Waals surface area contributed by atoms with Gasteiger partial charge in [0, 0.05) is 17.7 Å². The van der Waals surface area contributed by atoms with Gasteiger partial charge in [0.1, 0.15) is 5.82 Å². The Balaban J connectivity index is 1.90. The van der Waals surface area contributed by atoms with E-state index in [-0.39, 0.29) is 5.82 Å². The number of nitrogens with zero attached hydrogens (tertiary/aromatic N) is 1. The van der Waals surface area contributed by atoms with Gasteiger partial charge in [0.15, 0.2) is 0 Å². The van der Waals surface area contributed by atoms with Gasteiger partial charge < -0.3 is 5.32 Å². The summed E-state index contributed by atoms with van der Waals surface area (Å²) in [6.45, 7) is 3.14. The zero-order valence-electron chi connectivity index (χ0n) is 8.33. The minimum atomic E-state index is -0.253. The second kappa shape index (κ2) is 4.05. The van der Waals surface area contributed by atoms with Gasteiger partial charge in [0.2, 0.25) is 0 Å². The first-order valence-corrected chi connectivity index (χ1v) is 5.14. The summed E-state index contributed by atoms with van der Waals surface area (Å²) in [5.74, 6) is 0.274. The maximum Gasteiger partial charge on any atom is 0.141 e. The van der Waals surface area contributed by atoms with E-state index in [0.717, 1.165) is 25.1 Å². The third-order valence-electron chi connectivity index (χ3n) is 2.80. The number of pyridine rings is 1. The van der Waals surface area contributed by atoms with Crippen LogP contribution >= 0.6 is 0 Å². The number of hydrogen-bond acceptors (Lipinski definition) is 2. The molecule has 76 valence electrons. The first-order chi connectivity index (χ1) is 6.79. The Morgan fingerprint density at radius 1 is 1.50 bits per heavy atom. The first kappa shape index (κ1) is 9.59. The lowest BCUT2D eigenvalue weighted by atomic mass is 9.78. The molecular weight excluding hydrogens is 179 g/mol. The maximum absolute atomic E-state index is 12.6. The van der Waals surface area contributed by atoms with E-state index in [4.69, 9.17) is 0 Å². The molecule has 3 heteroatoms. The third-order valence-corrected chi connectivity index (χ3v) is 2.80. The molecule has 0 amide bonds. The average Bonchev–Trinajstić information content (AvgIpc) is 2.13. The molecule has 0 saturated heterocycles. The summed E-state index contributed by atoms with van der Waals surface area (Å²) in [5, 5.41) is 3.39. The summed E-state index contributed by atoms with van der Waals surface area (Å²) in [5.41, 5.74) is 1.03. The lowest BCUT2D eigenvalue weighted by molar-refractivity contribution is 0.291. The lowest BCUT2D eigenvalue weighted by Crippen LogP contribution is -2.40. The second-order valence-electron chi connectivity index (χ2n) is 3.82. The zero-order chi connectivity index (χ0) is 9.97. The highest BCUT2D eigenvalue weighted by Gasteiger charge is 2.30. The molecule has 0 aromatic carbocycles. The zero-order valence-corrected chi connectivity index (χ0v) is 8.33. The molecule has 0 bridgehead atoms. The quantitative estimate of drug-likeness (QED) is 0.796. The van der Waals surface area contributed by atoms with Crippen LogP contribution in [0.1, 0.15) is 31.4 Å². The van der Waals surface area contributed by atoms with Gasteiger partial charge in [-0.3, -0.25) is 4.98 Å². The van der Waals surface area contributed by atoms with Crippen molar-refractivity contribution in [2.24, 2.45) is 0 Å². The standard InChI is InChI=1S/C11H15FN2/c1-2-13-10-5-8(6-10)11-4-3-9(12)7-14-11/h3-4,7-8,10,13H,2,5-6H2,1H3. The highest BCUT2D eigenvalue weighted by molar-refractivity contribution is 5.15. The maximum atomic E-state index is 12.6. The summed E-state index contributed by atoms with van der Waals surface area (Å²) in [4.78, 5) is 4.09. The van der Waals surface area contributed by atoms with Gasteiger partial charge >= 0.3 is 0 Å². The van der Waals surface area contributed by atoms with Crippen molar-refractivity contribution < 1.29 is 4.39 Å². The van der Waals surface area contributed by atoms with Crippen molar-refractivity contribution in [1.29, 1.82) is 0 Å². The van der Waals surface area contributed by atoms with Crippen LogP contribution in [0.25, 0.3) is 0 Å². The fourth-order valence-electron chi connectivity index (χ4n) is 1.94. The second-order valence-corrected chi connectivity index (χ2v) is 3.82.